The van der Waals surface area contributed by atoms with Crippen molar-refractivity contribution in [2.24, 2.45) is 0 Å². The minimum absolute atomic E-state index is 0.589. The van der Waals surface area contributed by atoms with Crippen molar-refractivity contribution >= 4 is 5.84 Å². The Kier molecular flexibility index (Phi) is 3.72. The molecule has 0 bridgehead atoms. The highest BCUT2D eigenvalue weighted by molar-refractivity contribution is 5.79. The number of piperazine rings is 1. The molecular formula is C10H21N3. The fourth-order valence-corrected chi connectivity index (χ4v) is 1.69. The first kappa shape index (κ1) is 10.5. The Morgan fingerprint density at radius 1 is 1.46 bits per heavy atom. The van der Waals surface area contributed by atoms with Gasteiger partial charge in [0, 0.05) is 32.1 Å². The maximum absolute atomic E-state index is 7.85. The van der Waals surface area contributed by atoms with E-state index in [1.54, 1.807) is 0 Å². The van der Waals surface area contributed by atoms with Gasteiger partial charge in [-0.1, -0.05) is 6.92 Å². The van der Waals surface area contributed by atoms with Gasteiger partial charge >= 0.3 is 0 Å². The van der Waals surface area contributed by atoms with Crippen molar-refractivity contribution in [1.29, 1.82) is 5.41 Å². The number of rotatable bonds is 2. The number of hydrogen-bond acceptors (Lipinski definition) is 2. The molecule has 76 valence electrons. The summed E-state index contributed by atoms with van der Waals surface area (Å²) in [7, 11) is 2.16. The van der Waals surface area contributed by atoms with Crippen molar-refractivity contribution < 1.29 is 0 Å². The average Bonchev–Trinajstić information content (AvgIpc) is 2.10. The van der Waals surface area contributed by atoms with Gasteiger partial charge in [-0.15, -0.1) is 0 Å². The predicted molar refractivity (Wildman–Crippen MR) is 56.3 cm³/mol. The third-order valence-electron chi connectivity index (χ3n) is 2.83. The third-order valence-corrected chi connectivity index (χ3v) is 2.83. The summed E-state index contributed by atoms with van der Waals surface area (Å²) in [6, 6.07) is 0.589. The number of amidine groups is 1. The van der Waals surface area contributed by atoms with Crippen LogP contribution in [-0.4, -0.2) is 48.4 Å². The summed E-state index contributed by atoms with van der Waals surface area (Å²) in [4.78, 5) is 4.57. The van der Waals surface area contributed by atoms with E-state index in [1.807, 2.05) is 0 Å². The lowest BCUT2D eigenvalue weighted by Gasteiger charge is -2.39. The Morgan fingerprint density at radius 2 is 2.15 bits per heavy atom. The second-order valence-electron chi connectivity index (χ2n) is 3.97. The van der Waals surface area contributed by atoms with E-state index >= 15 is 0 Å². The molecule has 0 radical (unpaired) electrons. The van der Waals surface area contributed by atoms with Gasteiger partial charge < -0.3 is 9.80 Å². The molecule has 1 fully saturated rings. The van der Waals surface area contributed by atoms with E-state index in [1.165, 1.54) is 0 Å². The molecule has 1 aliphatic rings. The maximum atomic E-state index is 7.85. The monoisotopic (exact) mass is 183 g/mol. The third kappa shape index (κ3) is 2.69. The van der Waals surface area contributed by atoms with Crippen LogP contribution in [0, 0.1) is 5.41 Å². The van der Waals surface area contributed by atoms with Crippen LogP contribution in [0.15, 0.2) is 0 Å². The summed E-state index contributed by atoms with van der Waals surface area (Å²) >= 11 is 0. The molecule has 1 N–H and O–H groups in total. The molecule has 0 amide bonds. The lowest BCUT2D eigenvalue weighted by molar-refractivity contribution is 0.151. The Bertz CT molecular complexity index is 179. The van der Waals surface area contributed by atoms with Crippen molar-refractivity contribution in [3.63, 3.8) is 0 Å². The molecule has 13 heavy (non-hydrogen) atoms. The minimum atomic E-state index is 0.589. The number of nitrogens with zero attached hydrogens (tertiary/aromatic N) is 2. The standard InChI is InChI=1S/C10H21N3/c1-4-5-10(11)13-7-6-12(3)9(2)8-13/h9,11H,4-8H2,1-3H3. The molecule has 1 atom stereocenters. The van der Waals surface area contributed by atoms with Gasteiger partial charge in [0.1, 0.15) is 0 Å². The van der Waals surface area contributed by atoms with Crippen molar-refractivity contribution in [2.75, 3.05) is 26.7 Å². The van der Waals surface area contributed by atoms with Gasteiger partial charge in [0.15, 0.2) is 0 Å². The van der Waals surface area contributed by atoms with E-state index in [4.69, 9.17) is 5.41 Å². The quantitative estimate of drug-likeness (QED) is 0.518. The molecular weight excluding hydrogens is 162 g/mol. The Hall–Kier alpha value is -0.570. The van der Waals surface area contributed by atoms with Gasteiger partial charge in [-0.25, -0.2) is 0 Å². The van der Waals surface area contributed by atoms with Crippen LogP contribution >= 0.6 is 0 Å². The number of hydrogen-bond donors (Lipinski definition) is 1. The average molecular weight is 183 g/mol. The van der Waals surface area contributed by atoms with Crippen molar-refractivity contribution in [3.8, 4) is 0 Å². The smallest absolute Gasteiger partial charge is 0.0958 e. The molecule has 0 aromatic rings. The van der Waals surface area contributed by atoms with E-state index in [2.05, 4.69) is 30.7 Å². The van der Waals surface area contributed by atoms with E-state index < -0.39 is 0 Å². The molecule has 0 spiro atoms. The molecule has 0 aromatic heterocycles. The zero-order valence-electron chi connectivity index (χ0n) is 9.01. The highest BCUT2D eigenvalue weighted by Gasteiger charge is 2.21. The Balaban J connectivity index is 2.40. The lowest BCUT2D eigenvalue weighted by atomic mass is 10.2. The van der Waals surface area contributed by atoms with Gasteiger partial charge in [0.2, 0.25) is 0 Å². The van der Waals surface area contributed by atoms with Crippen molar-refractivity contribution in [2.45, 2.75) is 32.7 Å². The van der Waals surface area contributed by atoms with Gasteiger partial charge in [-0.05, 0) is 20.4 Å². The van der Waals surface area contributed by atoms with Crippen LogP contribution in [-0.2, 0) is 0 Å². The second-order valence-corrected chi connectivity index (χ2v) is 3.97. The first-order valence-corrected chi connectivity index (χ1v) is 5.17. The summed E-state index contributed by atoms with van der Waals surface area (Å²) < 4.78 is 0. The lowest BCUT2D eigenvalue weighted by Crippen LogP contribution is -2.51. The molecule has 1 rings (SSSR count). The highest BCUT2D eigenvalue weighted by atomic mass is 15.3. The molecule has 3 heteroatoms. The van der Waals surface area contributed by atoms with Crippen LogP contribution in [0.25, 0.3) is 0 Å². The highest BCUT2D eigenvalue weighted by Crippen LogP contribution is 2.08. The second kappa shape index (κ2) is 4.61. The summed E-state index contributed by atoms with van der Waals surface area (Å²) in [5, 5.41) is 7.85. The normalized spacial score (nSPS) is 24.8. The zero-order chi connectivity index (χ0) is 9.84. The minimum Gasteiger partial charge on any atom is -0.358 e. The molecule has 0 aliphatic carbocycles. The van der Waals surface area contributed by atoms with E-state index in [-0.39, 0.29) is 0 Å². The molecule has 0 saturated carbocycles. The van der Waals surface area contributed by atoms with Crippen molar-refractivity contribution in [1.82, 2.24) is 9.80 Å². The van der Waals surface area contributed by atoms with Gasteiger partial charge in [0.25, 0.3) is 0 Å². The predicted octanol–water partition coefficient (Wildman–Crippen LogP) is 1.40. The Labute approximate surface area is 81.2 Å². The van der Waals surface area contributed by atoms with E-state index in [0.29, 0.717) is 6.04 Å². The van der Waals surface area contributed by atoms with Crippen LogP contribution in [0.2, 0.25) is 0 Å². The molecule has 1 saturated heterocycles. The fraction of sp³-hybridized carbons (Fsp3) is 0.900. The van der Waals surface area contributed by atoms with Crippen LogP contribution in [0.1, 0.15) is 26.7 Å². The van der Waals surface area contributed by atoms with Gasteiger partial charge in [-0.3, -0.25) is 5.41 Å². The largest absolute Gasteiger partial charge is 0.358 e. The first-order chi connectivity index (χ1) is 6.15. The van der Waals surface area contributed by atoms with Crippen LogP contribution in [0.5, 0.6) is 0 Å². The molecule has 1 heterocycles. The van der Waals surface area contributed by atoms with Crippen LogP contribution in [0.3, 0.4) is 0 Å². The molecule has 1 aliphatic heterocycles. The molecule has 0 aromatic carbocycles. The molecule has 3 nitrogen and oxygen atoms in total. The SMILES string of the molecule is CCCC(=N)N1CCN(C)C(C)C1. The zero-order valence-corrected chi connectivity index (χ0v) is 9.01. The number of nitrogens with one attached hydrogen (secondary N) is 1. The van der Waals surface area contributed by atoms with E-state index in [0.717, 1.165) is 38.3 Å². The molecule has 1 unspecified atom stereocenters. The summed E-state index contributed by atoms with van der Waals surface area (Å²) in [6.07, 6.45) is 2.01. The van der Waals surface area contributed by atoms with Crippen molar-refractivity contribution in [3.05, 3.63) is 0 Å². The Morgan fingerprint density at radius 3 is 2.69 bits per heavy atom. The van der Waals surface area contributed by atoms with Gasteiger partial charge in [0.05, 0.1) is 5.84 Å². The summed E-state index contributed by atoms with van der Waals surface area (Å²) in [5.74, 6) is 0.822. The van der Waals surface area contributed by atoms with Crippen LogP contribution < -0.4 is 0 Å². The maximum Gasteiger partial charge on any atom is 0.0958 e. The fourth-order valence-electron chi connectivity index (χ4n) is 1.69. The number of likely N-dealkylation sites (N-methyl/N-ethyl adjacent to an activating group) is 1. The van der Waals surface area contributed by atoms with Gasteiger partial charge in [-0.2, -0.15) is 0 Å². The van der Waals surface area contributed by atoms with Crippen LogP contribution in [0.4, 0.5) is 0 Å². The summed E-state index contributed by atoms with van der Waals surface area (Å²) in [5.41, 5.74) is 0. The first-order valence-electron chi connectivity index (χ1n) is 5.17. The topological polar surface area (TPSA) is 30.3 Å². The van der Waals surface area contributed by atoms with E-state index in [9.17, 15) is 0 Å². The summed E-state index contributed by atoms with van der Waals surface area (Å²) in [6.45, 7) is 7.50.